The molecule has 1 aromatic heterocycles. The molecular formula is C13H6Br2F3N3. The number of alkyl halides is 3. The largest absolute Gasteiger partial charge is 0.433 e. The molecule has 0 aliphatic carbocycles. The van der Waals surface area contributed by atoms with Crippen molar-refractivity contribution in [3.8, 4) is 6.07 Å². The summed E-state index contributed by atoms with van der Waals surface area (Å²) in [6, 6.07) is 8.81. The lowest BCUT2D eigenvalue weighted by Crippen LogP contribution is -2.10. The third kappa shape index (κ3) is 3.74. The molecule has 8 heteroatoms. The van der Waals surface area contributed by atoms with Crippen LogP contribution in [0.25, 0.3) is 0 Å². The molecule has 2 rings (SSSR count). The molecule has 0 amide bonds. The average Bonchev–Trinajstić information content (AvgIpc) is 2.42. The Labute approximate surface area is 135 Å². The third-order valence-corrected chi connectivity index (χ3v) is 3.67. The zero-order chi connectivity index (χ0) is 15.6. The first kappa shape index (κ1) is 15.8. The van der Waals surface area contributed by atoms with Crippen LogP contribution in [-0.2, 0) is 6.18 Å². The van der Waals surface area contributed by atoms with Gasteiger partial charge in [0.15, 0.2) is 0 Å². The van der Waals surface area contributed by atoms with Crippen molar-refractivity contribution in [2.45, 2.75) is 6.18 Å². The van der Waals surface area contributed by atoms with E-state index >= 15 is 0 Å². The molecule has 0 unspecified atom stereocenters. The molecule has 0 aliphatic heterocycles. The van der Waals surface area contributed by atoms with Gasteiger partial charge in [0.2, 0.25) is 0 Å². The van der Waals surface area contributed by atoms with Crippen LogP contribution in [0.3, 0.4) is 0 Å². The summed E-state index contributed by atoms with van der Waals surface area (Å²) in [7, 11) is 0. The lowest BCUT2D eigenvalue weighted by molar-refractivity contribution is -0.141. The van der Waals surface area contributed by atoms with Gasteiger partial charge in [0, 0.05) is 8.95 Å². The number of nitrogens with one attached hydrogen (secondary N) is 1. The van der Waals surface area contributed by atoms with Gasteiger partial charge in [0.25, 0.3) is 0 Å². The van der Waals surface area contributed by atoms with Crippen LogP contribution < -0.4 is 5.32 Å². The summed E-state index contributed by atoms with van der Waals surface area (Å²) in [6.07, 6.45) is -4.57. The third-order valence-electron chi connectivity index (χ3n) is 2.49. The Morgan fingerprint density at radius 1 is 1.14 bits per heavy atom. The summed E-state index contributed by atoms with van der Waals surface area (Å²) in [4.78, 5) is 3.49. The minimum absolute atomic E-state index is 0.0230. The zero-order valence-corrected chi connectivity index (χ0v) is 13.3. The molecule has 108 valence electrons. The topological polar surface area (TPSA) is 48.7 Å². The number of benzene rings is 1. The molecule has 0 fully saturated rings. The van der Waals surface area contributed by atoms with Crippen LogP contribution >= 0.6 is 31.9 Å². The van der Waals surface area contributed by atoms with Crippen molar-refractivity contribution >= 4 is 43.4 Å². The predicted octanol–water partition coefficient (Wildman–Crippen LogP) is 5.24. The average molecular weight is 421 g/mol. The Morgan fingerprint density at radius 3 is 2.48 bits per heavy atom. The van der Waals surface area contributed by atoms with Crippen LogP contribution in [0, 0.1) is 11.3 Å². The number of hydrogen-bond donors (Lipinski definition) is 1. The highest BCUT2D eigenvalue weighted by Crippen LogP contribution is 2.32. The summed E-state index contributed by atoms with van der Waals surface area (Å²) >= 11 is 6.54. The van der Waals surface area contributed by atoms with Gasteiger partial charge in [-0.05, 0) is 46.3 Å². The molecule has 21 heavy (non-hydrogen) atoms. The van der Waals surface area contributed by atoms with Crippen LogP contribution in [0.5, 0.6) is 0 Å². The molecule has 2 aromatic rings. The molecule has 0 radical (unpaired) electrons. The summed E-state index contributed by atoms with van der Waals surface area (Å²) in [5.41, 5.74) is -0.544. The van der Waals surface area contributed by atoms with Crippen LogP contribution in [0.1, 0.15) is 11.3 Å². The lowest BCUT2D eigenvalue weighted by Gasteiger charge is -2.12. The van der Waals surface area contributed by atoms with Gasteiger partial charge in [0.1, 0.15) is 17.6 Å². The highest BCUT2D eigenvalue weighted by Gasteiger charge is 2.33. The standard InChI is InChI=1S/C13H6Br2F3N3/c14-8-2-3-9(15)10(5-8)20-12-7(6-19)1-4-11(21-12)13(16,17)18/h1-5H,(H,20,21). The Kier molecular flexibility index (Phi) is 4.54. The summed E-state index contributed by atoms with van der Waals surface area (Å²) in [5, 5.41) is 11.7. The van der Waals surface area contributed by atoms with Gasteiger partial charge in [-0.1, -0.05) is 15.9 Å². The van der Waals surface area contributed by atoms with Crippen molar-refractivity contribution < 1.29 is 13.2 Å². The molecule has 0 atom stereocenters. The second kappa shape index (κ2) is 6.03. The van der Waals surface area contributed by atoms with Gasteiger partial charge in [-0.2, -0.15) is 18.4 Å². The van der Waals surface area contributed by atoms with E-state index in [0.717, 1.165) is 16.6 Å². The van der Waals surface area contributed by atoms with Gasteiger partial charge in [-0.3, -0.25) is 0 Å². The quantitative estimate of drug-likeness (QED) is 0.722. The van der Waals surface area contributed by atoms with Crippen LogP contribution in [0.4, 0.5) is 24.7 Å². The molecule has 3 nitrogen and oxygen atoms in total. The van der Waals surface area contributed by atoms with E-state index in [9.17, 15) is 13.2 Å². The van der Waals surface area contributed by atoms with Crippen molar-refractivity contribution in [3.05, 3.63) is 50.5 Å². The Hall–Kier alpha value is -1.59. The zero-order valence-electron chi connectivity index (χ0n) is 10.2. The Bertz CT molecular complexity index is 724. The van der Waals surface area contributed by atoms with Gasteiger partial charge in [-0.15, -0.1) is 0 Å². The maximum Gasteiger partial charge on any atom is 0.433 e. The molecule has 0 aliphatic rings. The number of rotatable bonds is 2. The molecular weight excluding hydrogens is 415 g/mol. The van der Waals surface area contributed by atoms with E-state index in [-0.39, 0.29) is 11.4 Å². The summed E-state index contributed by atoms with van der Waals surface area (Å²) in [6.45, 7) is 0. The molecule has 1 heterocycles. The maximum absolute atomic E-state index is 12.7. The number of pyridine rings is 1. The van der Waals surface area contributed by atoms with Gasteiger partial charge in [0.05, 0.1) is 11.3 Å². The van der Waals surface area contributed by atoms with Crippen LogP contribution in [0.15, 0.2) is 39.3 Å². The van der Waals surface area contributed by atoms with Crippen molar-refractivity contribution in [3.63, 3.8) is 0 Å². The molecule has 1 N–H and O–H groups in total. The molecule has 0 bridgehead atoms. The minimum Gasteiger partial charge on any atom is -0.338 e. The first-order valence-electron chi connectivity index (χ1n) is 5.51. The number of anilines is 2. The van der Waals surface area contributed by atoms with Crippen molar-refractivity contribution in [2.75, 3.05) is 5.32 Å². The fraction of sp³-hybridized carbons (Fsp3) is 0.0769. The second-order valence-electron chi connectivity index (χ2n) is 3.95. The lowest BCUT2D eigenvalue weighted by atomic mass is 10.2. The molecule has 0 spiro atoms. The van der Waals surface area contributed by atoms with E-state index in [2.05, 4.69) is 42.2 Å². The van der Waals surface area contributed by atoms with Gasteiger partial charge >= 0.3 is 6.18 Å². The highest BCUT2D eigenvalue weighted by molar-refractivity contribution is 9.11. The van der Waals surface area contributed by atoms with Crippen molar-refractivity contribution in [1.29, 1.82) is 5.26 Å². The van der Waals surface area contributed by atoms with Crippen molar-refractivity contribution in [2.24, 2.45) is 0 Å². The second-order valence-corrected chi connectivity index (χ2v) is 5.72. The Balaban J connectivity index is 2.47. The number of nitrogens with zero attached hydrogens (tertiary/aromatic N) is 2. The summed E-state index contributed by atoms with van der Waals surface area (Å²) in [5.74, 6) is -0.147. The SMILES string of the molecule is N#Cc1ccc(C(F)(F)F)nc1Nc1cc(Br)ccc1Br. The van der Waals surface area contributed by atoms with E-state index < -0.39 is 11.9 Å². The fourth-order valence-electron chi connectivity index (χ4n) is 1.52. The number of aromatic nitrogens is 1. The number of hydrogen-bond acceptors (Lipinski definition) is 3. The molecule has 0 saturated carbocycles. The number of halogens is 5. The first-order valence-corrected chi connectivity index (χ1v) is 7.10. The smallest absolute Gasteiger partial charge is 0.338 e. The van der Waals surface area contributed by atoms with E-state index in [1.165, 1.54) is 0 Å². The predicted molar refractivity (Wildman–Crippen MR) is 79.1 cm³/mol. The Morgan fingerprint density at radius 2 is 1.86 bits per heavy atom. The van der Waals surface area contributed by atoms with E-state index in [1.807, 2.05) is 6.07 Å². The van der Waals surface area contributed by atoms with Crippen LogP contribution in [0.2, 0.25) is 0 Å². The highest BCUT2D eigenvalue weighted by atomic mass is 79.9. The minimum atomic E-state index is -4.57. The van der Waals surface area contributed by atoms with E-state index in [4.69, 9.17) is 5.26 Å². The van der Waals surface area contributed by atoms with Gasteiger partial charge < -0.3 is 5.32 Å². The molecule has 1 aromatic carbocycles. The summed E-state index contributed by atoms with van der Waals surface area (Å²) < 4.78 is 39.5. The van der Waals surface area contributed by atoms with Gasteiger partial charge in [-0.25, -0.2) is 4.98 Å². The van der Waals surface area contributed by atoms with E-state index in [1.54, 1.807) is 18.2 Å². The van der Waals surface area contributed by atoms with Crippen molar-refractivity contribution in [1.82, 2.24) is 4.98 Å². The number of nitriles is 1. The molecule has 0 saturated heterocycles. The fourth-order valence-corrected chi connectivity index (χ4v) is 2.23. The maximum atomic E-state index is 12.7. The van der Waals surface area contributed by atoms with E-state index in [0.29, 0.717) is 10.2 Å². The monoisotopic (exact) mass is 419 g/mol. The first-order chi connectivity index (χ1) is 9.81. The van der Waals surface area contributed by atoms with Crippen LogP contribution in [-0.4, -0.2) is 4.98 Å². The normalized spacial score (nSPS) is 11.0.